The molecule has 4 rings (SSSR count). The van der Waals surface area contributed by atoms with E-state index in [-0.39, 0.29) is 5.75 Å². The molecular weight excluding hydrogens is 382 g/mol. The van der Waals surface area contributed by atoms with Crippen LogP contribution < -0.4 is 0 Å². The SMILES string of the molecule is N#Cc1ccc(/C=C/c2ccc(-c3ccc(/C=C/c4ccc(O)cc4)nc3)cn2)cc1. The van der Waals surface area contributed by atoms with Gasteiger partial charge in [-0.2, -0.15) is 5.26 Å². The average Bonchev–Trinajstić information content (AvgIpc) is 2.83. The van der Waals surface area contributed by atoms with Gasteiger partial charge in [0, 0.05) is 23.5 Å². The third kappa shape index (κ3) is 5.31. The highest BCUT2D eigenvalue weighted by Gasteiger charge is 2.00. The van der Waals surface area contributed by atoms with Crippen molar-refractivity contribution < 1.29 is 5.11 Å². The van der Waals surface area contributed by atoms with Crippen LogP contribution in [-0.2, 0) is 0 Å². The van der Waals surface area contributed by atoms with Gasteiger partial charge in [0.2, 0.25) is 0 Å². The van der Waals surface area contributed by atoms with E-state index in [2.05, 4.69) is 16.0 Å². The molecule has 0 amide bonds. The molecule has 2 aromatic heterocycles. The number of aromatic hydroxyl groups is 1. The molecule has 0 saturated carbocycles. The van der Waals surface area contributed by atoms with E-state index in [0.717, 1.165) is 33.6 Å². The maximum Gasteiger partial charge on any atom is 0.115 e. The molecule has 4 aromatic rings. The largest absolute Gasteiger partial charge is 0.508 e. The van der Waals surface area contributed by atoms with E-state index in [4.69, 9.17) is 5.26 Å². The van der Waals surface area contributed by atoms with Gasteiger partial charge in [0.05, 0.1) is 23.0 Å². The first-order valence-corrected chi connectivity index (χ1v) is 9.77. The van der Waals surface area contributed by atoms with Gasteiger partial charge in [0.1, 0.15) is 5.75 Å². The Bertz CT molecular complexity index is 1250. The predicted molar refractivity (Wildman–Crippen MR) is 125 cm³/mol. The predicted octanol–water partition coefficient (Wildman–Crippen LogP) is 6.06. The van der Waals surface area contributed by atoms with Crippen LogP contribution in [0, 0.1) is 11.3 Å². The van der Waals surface area contributed by atoms with Gasteiger partial charge in [0.25, 0.3) is 0 Å². The van der Waals surface area contributed by atoms with Crippen LogP contribution in [0.25, 0.3) is 35.4 Å². The number of phenolic OH excluding ortho intramolecular Hbond substituents is 1. The van der Waals surface area contributed by atoms with Crippen LogP contribution in [0.3, 0.4) is 0 Å². The van der Waals surface area contributed by atoms with Gasteiger partial charge in [-0.3, -0.25) is 9.97 Å². The lowest BCUT2D eigenvalue weighted by Gasteiger charge is -2.02. The maximum atomic E-state index is 9.34. The number of nitrogens with zero attached hydrogens (tertiary/aromatic N) is 3. The first-order chi connectivity index (χ1) is 15.2. The quantitative estimate of drug-likeness (QED) is 0.441. The summed E-state index contributed by atoms with van der Waals surface area (Å²) >= 11 is 0. The molecule has 0 bridgehead atoms. The fourth-order valence-corrected chi connectivity index (χ4v) is 2.97. The van der Waals surface area contributed by atoms with Crippen molar-refractivity contribution in [3.05, 3.63) is 113 Å². The topological polar surface area (TPSA) is 69.8 Å². The van der Waals surface area contributed by atoms with Gasteiger partial charge in [-0.25, -0.2) is 0 Å². The molecular formula is C27H19N3O. The van der Waals surface area contributed by atoms with Crippen molar-refractivity contribution in [2.75, 3.05) is 0 Å². The van der Waals surface area contributed by atoms with Crippen molar-refractivity contribution in [1.82, 2.24) is 9.97 Å². The Kier molecular flexibility index (Phi) is 5.97. The fourth-order valence-electron chi connectivity index (χ4n) is 2.97. The van der Waals surface area contributed by atoms with E-state index < -0.39 is 0 Å². The second-order valence-electron chi connectivity index (χ2n) is 6.94. The number of phenols is 1. The van der Waals surface area contributed by atoms with Crippen molar-refractivity contribution in [3.63, 3.8) is 0 Å². The number of benzene rings is 2. The second kappa shape index (κ2) is 9.34. The Morgan fingerprint density at radius 2 is 1.10 bits per heavy atom. The van der Waals surface area contributed by atoms with Gasteiger partial charge in [-0.15, -0.1) is 0 Å². The Labute approximate surface area is 181 Å². The van der Waals surface area contributed by atoms with E-state index in [9.17, 15) is 5.11 Å². The number of nitriles is 1. The third-order valence-electron chi connectivity index (χ3n) is 4.73. The van der Waals surface area contributed by atoms with Crippen LogP contribution in [0.15, 0.2) is 85.2 Å². The summed E-state index contributed by atoms with van der Waals surface area (Å²) in [5, 5.41) is 18.2. The van der Waals surface area contributed by atoms with Gasteiger partial charge >= 0.3 is 0 Å². The number of hydrogen-bond donors (Lipinski definition) is 1. The monoisotopic (exact) mass is 401 g/mol. The first-order valence-electron chi connectivity index (χ1n) is 9.77. The minimum absolute atomic E-state index is 0.254. The highest BCUT2D eigenvalue weighted by Crippen LogP contribution is 2.19. The van der Waals surface area contributed by atoms with E-state index in [1.807, 2.05) is 85.2 Å². The zero-order valence-corrected chi connectivity index (χ0v) is 16.7. The molecule has 0 fully saturated rings. The Balaban J connectivity index is 1.42. The molecule has 4 heteroatoms. The van der Waals surface area contributed by atoms with Crippen molar-refractivity contribution in [2.45, 2.75) is 0 Å². The standard InChI is InChI=1S/C27H19N3O/c28-17-22-3-1-20(2-4-22)5-11-25-13-9-23(18-29-25)24-10-14-26(30-19-24)12-6-21-7-15-27(31)16-8-21/h1-16,18-19,31H/b11-5+,12-6+. The molecule has 0 unspecified atom stereocenters. The smallest absolute Gasteiger partial charge is 0.115 e. The fraction of sp³-hybridized carbons (Fsp3) is 0. The third-order valence-corrected chi connectivity index (χ3v) is 4.73. The van der Waals surface area contributed by atoms with Gasteiger partial charge in [-0.05, 0) is 59.7 Å². The summed E-state index contributed by atoms with van der Waals surface area (Å²) in [5.74, 6) is 0.254. The molecule has 0 atom stereocenters. The van der Waals surface area contributed by atoms with Crippen molar-refractivity contribution in [3.8, 4) is 22.9 Å². The summed E-state index contributed by atoms with van der Waals surface area (Å²) in [4.78, 5) is 9.01. The van der Waals surface area contributed by atoms with Crippen LogP contribution in [0.2, 0.25) is 0 Å². The van der Waals surface area contributed by atoms with Crippen LogP contribution in [-0.4, -0.2) is 15.1 Å². The van der Waals surface area contributed by atoms with E-state index in [1.165, 1.54) is 0 Å². The molecule has 2 aromatic carbocycles. The maximum absolute atomic E-state index is 9.34. The van der Waals surface area contributed by atoms with Crippen LogP contribution in [0.1, 0.15) is 28.1 Å². The Morgan fingerprint density at radius 3 is 1.52 bits per heavy atom. The van der Waals surface area contributed by atoms with Crippen molar-refractivity contribution in [2.24, 2.45) is 0 Å². The lowest BCUT2D eigenvalue weighted by atomic mass is 10.1. The number of pyridine rings is 2. The molecule has 31 heavy (non-hydrogen) atoms. The zero-order valence-electron chi connectivity index (χ0n) is 16.7. The first kappa shape index (κ1) is 19.8. The summed E-state index contributed by atoms with van der Waals surface area (Å²) in [6.45, 7) is 0. The summed E-state index contributed by atoms with van der Waals surface area (Å²) in [7, 11) is 0. The van der Waals surface area contributed by atoms with Crippen LogP contribution in [0.4, 0.5) is 0 Å². The van der Waals surface area contributed by atoms with E-state index >= 15 is 0 Å². The van der Waals surface area contributed by atoms with Gasteiger partial charge < -0.3 is 5.11 Å². The molecule has 0 aliphatic carbocycles. The molecule has 148 valence electrons. The van der Waals surface area contributed by atoms with Gasteiger partial charge in [-0.1, -0.05) is 48.6 Å². The van der Waals surface area contributed by atoms with E-state index in [0.29, 0.717) is 5.56 Å². The normalized spacial score (nSPS) is 11.1. The molecule has 1 N–H and O–H groups in total. The number of rotatable bonds is 5. The summed E-state index contributed by atoms with van der Waals surface area (Å²) in [6.07, 6.45) is 11.5. The number of hydrogen-bond acceptors (Lipinski definition) is 4. The molecule has 0 saturated heterocycles. The summed E-state index contributed by atoms with van der Waals surface area (Å²) < 4.78 is 0. The highest BCUT2D eigenvalue weighted by molar-refractivity contribution is 5.71. The summed E-state index contributed by atoms with van der Waals surface area (Å²) in [5.41, 5.74) is 6.37. The Hall–Kier alpha value is -4.49. The lowest BCUT2D eigenvalue weighted by molar-refractivity contribution is 0.475. The summed E-state index contributed by atoms with van der Waals surface area (Å²) in [6, 6.07) is 24.5. The van der Waals surface area contributed by atoms with Crippen LogP contribution in [0.5, 0.6) is 5.75 Å². The lowest BCUT2D eigenvalue weighted by Crippen LogP contribution is -1.86. The van der Waals surface area contributed by atoms with Gasteiger partial charge in [0.15, 0.2) is 0 Å². The molecule has 4 nitrogen and oxygen atoms in total. The molecule has 0 radical (unpaired) electrons. The highest BCUT2D eigenvalue weighted by atomic mass is 16.3. The molecule has 0 aliphatic rings. The molecule has 2 heterocycles. The molecule has 0 aliphatic heterocycles. The zero-order chi connectivity index (χ0) is 21.5. The van der Waals surface area contributed by atoms with E-state index in [1.54, 1.807) is 24.3 Å². The van der Waals surface area contributed by atoms with Crippen molar-refractivity contribution in [1.29, 1.82) is 5.26 Å². The van der Waals surface area contributed by atoms with Crippen molar-refractivity contribution >= 4 is 24.3 Å². The number of aromatic nitrogens is 2. The van der Waals surface area contributed by atoms with Crippen LogP contribution >= 0.6 is 0 Å². The Morgan fingerprint density at radius 1 is 0.613 bits per heavy atom. The average molecular weight is 401 g/mol. The second-order valence-corrected chi connectivity index (χ2v) is 6.94. The molecule has 0 spiro atoms. The minimum Gasteiger partial charge on any atom is -0.508 e. The minimum atomic E-state index is 0.254.